The van der Waals surface area contributed by atoms with Gasteiger partial charge in [0.25, 0.3) is 0 Å². The predicted molar refractivity (Wildman–Crippen MR) is 80.4 cm³/mol. The Hall–Kier alpha value is -1.13. The van der Waals surface area contributed by atoms with Gasteiger partial charge in [0.15, 0.2) is 0 Å². The lowest BCUT2D eigenvalue weighted by Crippen LogP contribution is -2.37. The van der Waals surface area contributed by atoms with E-state index < -0.39 is 0 Å². The number of rotatable bonds is 4. The molecular weight excluding hydrogens is 236 g/mol. The zero-order chi connectivity index (χ0) is 13.8. The summed E-state index contributed by atoms with van der Waals surface area (Å²) in [5.74, 6) is 1.92. The van der Waals surface area contributed by atoms with E-state index in [9.17, 15) is 0 Å². The van der Waals surface area contributed by atoms with Gasteiger partial charge >= 0.3 is 0 Å². The van der Waals surface area contributed by atoms with Crippen molar-refractivity contribution in [1.82, 2.24) is 9.88 Å². The molecule has 19 heavy (non-hydrogen) atoms. The first-order chi connectivity index (χ1) is 9.08. The zero-order valence-corrected chi connectivity index (χ0v) is 12.4. The number of aryl methyl sites for hydroxylation is 1. The van der Waals surface area contributed by atoms with Crippen molar-refractivity contribution in [3.8, 4) is 0 Å². The number of nitrogens with two attached hydrogens (primary N) is 1. The highest BCUT2D eigenvalue weighted by Crippen LogP contribution is 2.23. The quantitative estimate of drug-likeness (QED) is 0.896. The molecule has 0 bridgehead atoms. The molecule has 1 fully saturated rings. The van der Waals surface area contributed by atoms with E-state index in [4.69, 9.17) is 5.73 Å². The standard InChI is InChI=1S/C15H26N4/c1-12-8-14(10-16)9-15(17-12)19-6-4-13(5-7-19)11-18(2)3/h8-9,13H,4-7,10-11,16H2,1-3H3. The molecule has 0 atom stereocenters. The van der Waals surface area contributed by atoms with Gasteiger partial charge in [0, 0.05) is 31.9 Å². The molecule has 2 heterocycles. The van der Waals surface area contributed by atoms with Crippen molar-refractivity contribution < 1.29 is 0 Å². The van der Waals surface area contributed by atoms with E-state index in [2.05, 4.69) is 41.0 Å². The van der Waals surface area contributed by atoms with Gasteiger partial charge < -0.3 is 15.5 Å². The second kappa shape index (κ2) is 6.35. The topological polar surface area (TPSA) is 45.4 Å². The summed E-state index contributed by atoms with van der Waals surface area (Å²) < 4.78 is 0. The highest BCUT2D eigenvalue weighted by Gasteiger charge is 2.20. The molecule has 4 heteroatoms. The fourth-order valence-corrected chi connectivity index (χ4v) is 2.86. The average Bonchev–Trinajstić information content (AvgIpc) is 2.38. The molecule has 0 radical (unpaired) electrons. The van der Waals surface area contributed by atoms with Crippen LogP contribution in [0.1, 0.15) is 24.1 Å². The van der Waals surface area contributed by atoms with Crippen LogP contribution in [0.4, 0.5) is 5.82 Å². The molecule has 2 rings (SSSR count). The van der Waals surface area contributed by atoms with Crippen LogP contribution in [-0.4, -0.2) is 43.6 Å². The van der Waals surface area contributed by atoms with Gasteiger partial charge in [-0.15, -0.1) is 0 Å². The molecule has 1 aliphatic heterocycles. The third-order valence-electron chi connectivity index (χ3n) is 3.80. The molecule has 0 unspecified atom stereocenters. The lowest BCUT2D eigenvalue weighted by Gasteiger charge is -2.34. The maximum atomic E-state index is 5.74. The van der Waals surface area contributed by atoms with Crippen LogP contribution in [0, 0.1) is 12.8 Å². The minimum Gasteiger partial charge on any atom is -0.357 e. The first-order valence-electron chi connectivity index (χ1n) is 7.16. The summed E-state index contributed by atoms with van der Waals surface area (Å²) in [6.07, 6.45) is 2.51. The van der Waals surface area contributed by atoms with Crippen molar-refractivity contribution in [2.45, 2.75) is 26.3 Å². The van der Waals surface area contributed by atoms with Crippen molar-refractivity contribution in [2.24, 2.45) is 11.7 Å². The normalized spacial score (nSPS) is 17.2. The number of hydrogen-bond donors (Lipinski definition) is 1. The zero-order valence-electron chi connectivity index (χ0n) is 12.4. The third-order valence-corrected chi connectivity index (χ3v) is 3.80. The van der Waals surface area contributed by atoms with E-state index in [1.165, 1.54) is 24.9 Å². The van der Waals surface area contributed by atoms with Gasteiger partial charge in [-0.05, 0) is 57.5 Å². The molecule has 106 valence electrons. The minimum atomic E-state index is 0.591. The van der Waals surface area contributed by atoms with Gasteiger partial charge in [-0.25, -0.2) is 4.98 Å². The molecule has 1 aromatic heterocycles. The van der Waals surface area contributed by atoms with Crippen LogP contribution < -0.4 is 10.6 Å². The van der Waals surface area contributed by atoms with Crippen LogP contribution in [0.3, 0.4) is 0 Å². The SMILES string of the molecule is Cc1cc(CN)cc(N2CCC(CN(C)C)CC2)n1. The van der Waals surface area contributed by atoms with Crippen LogP contribution in [0.5, 0.6) is 0 Å². The van der Waals surface area contributed by atoms with Crippen molar-refractivity contribution in [1.29, 1.82) is 0 Å². The van der Waals surface area contributed by atoms with Gasteiger partial charge in [0.1, 0.15) is 5.82 Å². The number of piperidine rings is 1. The Morgan fingerprint density at radius 1 is 1.32 bits per heavy atom. The molecule has 0 amide bonds. The maximum absolute atomic E-state index is 5.74. The summed E-state index contributed by atoms with van der Waals surface area (Å²) in [4.78, 5) is 9.34. The molecule has 1 aromatic rings. The molecule has 2 N–H and O–H groups in total. The van der Waals surface area contributed by atoms with Crippen molar-refractivity contribution in [2.75, 3.05) is 38.6 Å². The monoisotopic (exact) mass is 262 g/mol. The van der Waals surface area contributed by atoms with Crippen LogP contribution in [0.15, 0.2) is 12.1 Å². The second-order valence-corrected chi connectivity index (χ2v) is 5.87. The van der Waals surface area contributed by atoms with Gasteiger partial charge in [-0.3, -0.25) is 0 Å². The number of pyridine rings is 1. The first kappa shape index (κ1) is 14.3. The van der Waals surface area contributed by atoms with E-state index in [1.807, 2.05) is 6.92 Å². The van der Waals surface area contributed by atoms with E-state index >= 15 is 0 Å². The highest BCUT2D eigenvalue weighted by atomic mass is 15.2. The number of hydrogen-bond acceptors (Lipinski definition) is 4. The summed E-state index contributed by atoms with van der Waals surface area (Å²) in [5.41, 5.74) is 7.98. The first-order valence-corrected chi connectivity index (χ1v) is 7.16. The van der Waals surface area contributed by atoms with Crippen molar-refractivity contribution in [3.05, 3.63) is 23.4 Å². The molecule has 4 nitrogen and oxygen atoms in total. The van der Waals surface area contributed by atoms with Crippen LogP contribution in [-0.2, 0) is 6.54 Å². The van der Waals surface area contributed by atoms with Crippen molar-refractivity contribution >= 4 is 5.82 Å². The molecule has 1 aliphatic rings. The Kier molecular flexibility index (Phi) is 4.77. The van der Waals surface area contributed by atoms with Gasteiger partial charge in [-0.2, -0.15) is 0 Å². The Morgan fingerprint density at radius 3 is 2.58 bits per heavy atom. The summed E-state index contributed by atoms with van der Waals surface area (Å²) >= 11 is 0. The van der Waals surface area contributed by atoms with E-state index in [0.29, 0.717) is 6.54 Å². The molecule has 1 saturated heterocycles. The molecular formula is C15H26N4. The van der Waals surface area contributed by atoms with Crippen LogP contribution >= 0.6 is 0 Å². The minimum absolute atomic E-state index is 0.591. The fraction of sp³-hybridized carbons (Fsp3) is 0.667. The van der Waals surface area contributed by atoms with Crippen LogP contribution in [0.25, 0.3) is 0 Å². The number of nitrogens with zero attached hydrogens (tertiary/aromatic N) is 3. The Bertz CT molecular complexity index is 409. The Labute approximate surface area is 116 Å². The van der Waals surface area contributed by atoms with E-state index in [0.717, 1.165) is 30.5 Å². The second-order valence-electron chi connectivity index (χ2n) is 5.87. The smallest absolute Gasteiger partial charge is 0.129 e. The molecule has 0 aromatic carbocycles. The predicted octanol–water partition coefficient (Wildman–Crippen LogP) is 1.63. The summed E-state index contributed by atoms with van der Waals surface area (Å²) in [7, 11) is 4.31. The summed E-state index contributed by atoms with van der Waals surface area (Å²) in [5, 5.41) is 0. The van der Waals surface area contributed by atoms with Crippen molar-refractivity contribution in [3.63, 3.8) is 0 Å². The lowest BCUT2D eigenvalue weighted by atomic mass is 9.96. The maximum Gasteiger partial charge on any atom is 0.129 e. The molecule has 0 saturated carbocycles. The lowest BCUT2D eigenvalue weighted by molar-refractivity contribution is 0.284. The van der Waals surface area contributed by atoms with Gasteiger partial charge in [0.05, 0.1) is 0 Å². The largest absolute Gasteiger partial charge is 0.357 e. The van der Waals surface area contributed by atoms with E-state index in [1.54, 1.807) is 0 Å². The van der Waals surface area contributed by atoms with Gasteiger partial charge in [-0.1, -0.05) is 0 Å². The average molecular weight is 262 g/mol. The van der Waals surface area contributed by atoms with Gasteiger partial charge in [0.2, 0.25) is 0 Å². The summed E-state index contributed by atoms with van der Waals surface area (Å²) in [6, 6.07) is 4.21. The third kappa shape index (κ3) is 3.91. The fourth-order valence-electron chi connectivity index (χ4n) is 2.86. The number of anilines is 1. The van der Waals surface area contributed by atoms with E-state index in [-0.39, 0.29) is 0 Å². The molecule has 0 spiro atoms. The van der Waals surface area contributed by atoms with Crippen LogP contribution in [0.2, 0.25) is 0 Å². The summed E-state index contributed by atoms with van der Waals surface area (Å²) in [6.45, 7) is 6.05. The Morgan fingerprint density at radius 2 is 2.00 bits per heavy atom. The number of aromatic nitrogens is 1. The Balaban J connectivity index is 1.99. The molecule has 0 aliphatic carbocycles. The highest BCUT2D eigenvalue weighted by molar-refractivity contribution is 5.43.